The van der Waals surface area contributed by atoms with Crippen molar-refractivity contribution in [3.63, 3.8) is 0 Å². The molecule has 4 heteroatoms. The number of ether oxygens (including phenoxy) is 2. The predicted octanol–water partition coefficient (Wildman–Crippen LogP) is 3.02. The smallest absolute Gasteiger partial charge is 0.309 e. The van der Waals surface area contributed by atoms with Crippen molar-refractivity contribution in [3.05, 3.63) is 24.3 Å². The number of para-hydroxylation sites is 2. The average molecular weight is 289 g/mol. The first-order chi connectivity index (χ1) is 10.2. The van der Waals surface area contributed by atoms with Gasteiger partial charge in [0.25, 0.3) is 0 Å². The molecule has 21 heavy (non-hydrogen) atoms. The second-order valence-corrected chi connectivity index (χ2v) is 6.25. The number of nitrogens with two attached hydrogens (primary N) is 1. The fourth-order valence-corrected chi connectivity index (χ4v) is 3.71. The zero-order chi connectivity index (χ0) is 14.7. The molecule has 0 aromatic heterocycles. The Hall–Kier alpha value is -1.71. The fraction of sp³-hybridized carbons (Fsp3) is 0.588. The van der Waals surface area contributed by atoms with Gasteiger partial charge in [0.15, 0.2) is 0 Å². The molecule has 0 heterocycles. The molecule has 0 spiro atoms. The van der Waals surface area contributed by atoms with Gasteiger partial charge in [0.1, 0.15) is 5.75 Å². The van der Waals surface area contributed by atoms with Crippen LogP contribution in [0.25, 0.3) is 0 Å². The van der Waals surface area contributed by atoms with Crippen LogP contribution in [0, 0.1) is 17.8 Å². The van der Waals surface area contributed by atoms with Crippen molar-refractivity contribution in [2.75, 3.05) is 18.9 Å². The van der Waals surface area contributed by atoms with Gasteiger partial charge in [-0.15, -0.1) is 0 Å². The van der Waals surface area contributed by atoms with E-state index in [-0.39, 0.29) is 12.4 Å². The number of esters is 1. The Kier molecular flexibility index (Phi) is 4.32. The second-order valence-electron chi connectivity index (χ2n) is 6.25. The third-order valence-corrected chi connectivity index (χ3v) is 4.83. The van der Waals surface area contributed by atoms with Crippen LogP contribution >= 0.6 is 0 Å². The largest absolute Gasteiger partial charge is 0.491 e. The van der Waals surface area contributed by atoms with Gasteiger partial charge in [-0.3, -0.25) is 4.79 Å². The highest BCUT2D eigenvalue weighted by Crippen LogP contribution is 2.48. The quantitative estimate of drug-likeness (QED) is 0.646. The number of hydrogen-bond acceptors (Lipinski definition) is 4. The Morgan fingerprint density at radius 2 is 2.10 bits per heavy atom. The maximum atomic E-state index is 11.7. The van der Waals surface area contributed by atoms with E-state index < -0.39 is 0 Å². The van der Waals surface area contributed by atoms with Crippen molar-refractivity contribution >= 4 is 11.7 Å². The van der Waals surface area contributed by atoms with Crippen LogP contribution in [0.5, 0.6) is 5.75 Å². The lowest BCUT2D eigenvalue weighted by Gasteiger charge is -2.21. The van der Waals surface area contributed by atoms with E-state index in [0.717, 1.165) is 11.8 Å². The summed E-state index contributed by atoms with van der Waals surface area (Å²) in [7, 11) is 0. The zero-order valence-corrected chi connectivity index (χ0v) is 12.3. The lowest BCUT2D eigenvalue weighted by Crippen LogP contribution is -2.20. The molecule has 0 amide bonds. The van der Waals surface area contributed by atoms with Gasteiger partial charge >= 0.3 is 5.97 Å². The SMILES string of the molecule is Nc1ccccc1OCCC(=O)OCC1CC2CCC1C2. The van der Waals surface area contributed by atoms with E-state index in [1.165, 1.54) is 25.7 Å². The Labute approximate surface area is 125 Å². The van der Waals surface area contributed by atoms with E-state index in [4.69, 9.17) is 15.2 Å². The highest BCUT2D eigenvalue weighted by Gasteiger charge is 2.39. The summed E-state index contributed by atoms with van der Waals surface area (Å²) >= 11 is 0. The molecule has 3 atom stereocenters. The monoisotopic (exact) mass is 289 g/mol. The summed E-state index contributed by atoms with van der Waals surface area (Å²) in [6.07, 6.45) is 5.56. The molecule has 0 aliphatic heterocycles. The van der Waals surface area contributed by atoms with Gasteiger partial charge < -0.3 is 15.2 Å². The minimum Gasteiger partial charge on any atom is -0.491 e. The summed E-state index contributed by atoms with van der Waals surface area (Å²) in [6, 6.07) is 7.30. The number of benzene rings is 1. The molecule has 2 fully saturated rings. The van der Waals surface area contributed by atoms with Crippen LogP contribution in [-0.4, -0.2) is 19.2 Å². The molecule has 2 saturated carbocycles. The summed E-state index contributed by atoms with van der Waals surface area (Å²) < 4.78 is 10.9. The molecule has 0 radical (unpaired) electrons. The summed E-state index contributed by atoms with van der Waals surface area (Å²) in [6.45, 7) is 0.900. The van der Waals surface area contributed by atoms with Crippen molar-refractivity contribution in [3.8, 4) is 5.75 Å². The number of anilines is 1. The number of carbonyl (C=O) groups excluding carboxylic acids is 1. The lowest BCUT2D eigenvalue weighted by molar-refractivity contribution is -0.146. The first-order valence-electron chi connectivity index (χ1n) is 7.85. The van der Waals surface area contributed by atoms with E-state index in [9.17, 15) is 4.79 Å². The number of carbonyl (C=O) groups is 1. The standard InChI is InChI=1S/C17H23NO3/c18-15-3-1-2-4-16(15)20-8-7-17(19)21-11-14-10-12-5-6-13(14)9-12/h1-4,12-14H,5-11,18H2. The van der Waals surface area contributed by atoms with Crippen LogP contribution in [0.1, 0.15) is 32.1 Å². The van der Waals surface area contributed by atoms with Crippen molar-refractivity contribution in [1.82, 2.24) is 0 Å². The van der Waals surface area contributed by atoms with Gasteiger partial charge in [-0.05, 0) is 49.1 Å². The molecule has 2 N–H and O–H groups in total. The average Bonchev–Trinajstić information content (AvgIpc) is 3.10. The fourth-order valence-electron chi connectivity index (χ4n) is 3.71. The molecule has 3 rings (SSSR count). The third-order valence-electron chi connectivity index (χ3n) is 4.83. The van der Waals surface area contributed by atoms with E-state index in [0.29, 0.717) is 30.6 Å². The topological polar surface area (TPSA) is 61.5 Å². The van der Waals surface area contributed by atoms with Crippen LogP contribution in [0.15, 0.2) is 24.3 Å². The zero-order valence-electron chi connectivity index (χ0n) is 12.3. The summed E-state index contributed by atoms with van der Waals surface area (Å²) in [5.74, 6) is 2.73. The third kappa shape index (κ3) is 3.49. The van der Waals surface area contributed by atoms with Gasteiger partial charge in [0.2, 0.25) is 0 Å². The molecular weight excluding hydrogens is 266 g/mol. The molecule has 0 saturated heterocycles. The van der Waals surface area contributed by atoms with Gasteiger partial charge in [-0.2, -0.15) is 0 Å². The lowest BCUT2D eigenvalue weighted by atomic mass is 9.90. The first-order valence-corrected chi connectivity index (χ1v) is 7.85. The second kappa shape index (κ2) is 6.37. The molecule has 1 aromatic rings. The van der Waals surface area contributed by atoms with Crippen molar-refractivity contribution in [2.45, 2.75) is 32.1 Å². The highest BCUT2D eigenvalue weighted by molar-refractivity contribution is 5.69. The van der Waals surface area contributed by atoms with Crippen LogP contribution in [-0.2, 0) is 9.53 Å². The van der Waals surface area contributed by atoms with Crippen molar-refractivity contribution in [1.29, 1.82) is 0 Å². The van der Waals surface area contributed by atoms with Crippen LogP contribution in [0.3, 0.4) is 0 Å². The van der Waals surface area contributed by atoms with Crippen LogP contribution in [0.4, 0.5) is 5.69 Å². The molecule has 114 valence electrons. The minimum absolute atomic E-state index is 0.174. The Balaban J connectivity index is 1.34. The summed E-state index contributed by atoms with van der Waals surface area (Å²) in [4.78, 5) is 11.7. The summed E-state index contributed by atoms with van der Waals surface area (Å²) in [5, 5.41) is 0. The van der Waals surface area contributed by atoms with E-state index in [1.807, 2.05) is 12.1 Å². The van der Waals surface area contributed by atoms with Gasteiger partial charge in [-0.1, -0.05) is 18.6 Å². The van der Waals surface area contributed by atoms with Gasteiger partial charge in [0, 0.05) is 0 Å². The highest BCUT2D eigenvalue weighted by atomic mass is 16.5. The van der Waals surface area contributed by atoms with E-state index >= 15 is 0 Å². The maximum absolute atomic E-state index is 11.7. The van der Waals surface area contributed by atoms with Crippen LogP contribution in [0.2, 0.25) is 0 Å². The number of rotatable bonds is 6. The molecule has 3 unspecified atom stereocenters. The number of nitrogen functional groups attached to an aromatic ring is 1. The summed E-state index contributed by atoms with van der Waals surface area (Å²) in [5.41, 5.74) is 6.36. The molecule has 2 bridgehead atoms. The molecule has 2 aliphatic rings. The molecule has 4 nitrogen and oxygen atoms in total. The minimum atomic E-state index is -0.174. The Morgan fingerprint density at radius 1 is 1.24 bits per heavy atom. The molecular formula is C17H23NO3. The first kappa shape index (κ1) is 14.2. The Bertz CT molecular complexity index is 503. The number of fused-ring (bicyclic) bond motifs is 2. The van der Waals surface area contributed by atoms with E-state index in [2.05, 4.69) is 0 Å². The molecule has 2 aliphatic carbocycles. The van der Waals surface area contributed by atoms with E-state index in [1.54, 1.807) is 12.1 Å². The van der Waals surface area contributed by atoms with Crippen LogP contribution < -0.4 is 10.5 Å². The Morgan fingerprint density at radius 3 is 2.81 bits per heavy atom. The van der Waals surface area contributed by atoms with Gasteiger partial charge in [0.05, 0.1) is 25.3 Å². The maximum Gasteiger partial charge on any atom is 0.309 e. The number of hydrogen-bond donors (Lipinski definition) is 1. The molecule has 1 aromatic carbocycles. The van der Waals surface area contributed by atoms with Gasteiger partial charge in [-0.25, -0.2) is 0 Å². The normalized spacial score (nSPS) is 26.8. The van der Waals surface area contributed by atoms with Crippen molar-refractivity contribution < 1.29 is 14.3 Å². The predicted molar refractivity (Wildman–Crippen MR) is 80.9 cm³/mol. The van der Waals surface area contributed by atoms with Crippen molar-refractivity contribution in [2.24, 2.45) is 17.8 Å².